The molecule has 0 saturated heterocycles. The molecule has 0 aliphatic heterocycles. The molecule has 122 valence electrons. The zero-order valence-corrected chi connectivity index (χ0v) is 13.0. The van der Waals surface area contributed by atoms with Gasteiger partial charge in [-0.25, -0.2) is 0 Å². The van der Waals surface area contributed by atoms with Gasteiger partial charge in [0.2, 0.25) is 5.91 Å². The summed E-state index contributed by atoms with van der Waals surface area (Å²) in [4.78, 5) is 23.1. The minimum Gasteiger partial charge on any atom is -0.451 e. The van der Waals surface area contributed by atoms with E-state index in [2.05, 4.69) is 20.8 Å². The largest absolute Gasteiger partial charge is 0.451 e. The molecule has 2 amide bonds. The topological polar surface area (TPSA) is 100 Å². The van der Waals surface area contributed by atoms with Crippen molar-refractivity contribution in [2.24, 2.45) is 0 Å². The van der Waals surface area contributed by atoms with Crippen LogP contribution in [0.2, 0.25) is 0 Å². The Morgan fingerprint density at radius 3 is 2.50 bits per heavy atom. The lowest BCUT2D eigenvalue weighted by molar-refractivity contribution is -0.119. The Morgan fingerprint density at radius 2 is 1.83 bits per heavy atom. The lowest BCUT2D eigenvalue weighted by Gasteiger charge is -2.02. The molecule has 7 nitrogen and oxygen atoms in total. The van der Waals surface area contributed by atoms with Gasteiger partial charge in [0.25, 0.3) is 5.91 Å². The van der Waals surface area contributed by atoms with Crippen LogP contribution in [0.15, 0.2) is 53.1 Å². The Morgan fingerprint density at radius 1 is 1.08 bits per heavy atom. The highest BCUT2D eigenvalue weighted by molar-refractivity contribution is 5.94. The third-order valence-corrected chi connectivity index (χ3v) is 3.50. The first-order valence-corrected chi connectivity index (χ1v) is 7.36. The van der Waals surface area contributed by atoms with Crippen LogP contribution in [0.4, 0.5) is 0 Å². The van der Waals surface area contributed by atoms with Crippen LogP contribution in [0.1, 0.15) is 10.6 Å². The summed E-state index contributed by atoms with van der Waals surface area (Å²) >= 11 is 0. The van der Waals surface area contributed by atoms with Gasteiger partial charge in [0.05, 0.1) is 12.2 Å². The second-order valence-corrected chi connectivity index (χ2v) is 5.07. The van der Waals surface area contributed by atoms with E-state index in [4.69, 9.17) is 4.42 Å². The average molecular weight is 324 g/mol. The fourth-order valence-corrected chi connectivity index (χ4v) is 2.18. The van der Waals surface area contributed by atoms with Crippen molar-refractivity contribution in [1.82, 2.24) is 20.8 Å². The summed E-state index contributed by atoms with van der Waals surface area (Å²) in [6.45, 7) is -0.0930. The van der Waals surface area contributed by atoms with Crippen molar-refractivity contribution in [3.63, 3.8) is 0 Å². The maximum absolute atomic E-state index is 11.9. The molecule has 0 aliphatic rings. The average Bonchev–Trinajstić information content (AvgIpc) is 3.31. The monoisotopic (exact) mass is 324 g/mol. The van der Waals surface area contributed by atoms with Gasteiger partial charge in [-0.3, -0.25) is 14.7 Å². The number of nitrogens with one attached hydrogen (secondary N) is 3. The zero-order chi connectivity index (χ0) is 16.9. The Bertz CT molecular complexity index is 835. The number of nitrogens with zero attached hydrogens (tertiary/aromatic N) is 1. The molecule has 0 aliphatic carbocycles. The van der Waals surface area contributed by atoms with Crippen molar-refractivity contribution < 1.29 is 14.0 Å². The van der Waals surface area contributed by atoms with Crippen molar-refractivity contribution in [2.45, 2.75) is 0 Å². The predicted octanol–water partition coefficient (Wildman–Crippen LogP) is 1.81. The summed E-state index contributed by atoms with van der Waals surface area (Å²) in [6, 6.07) is 12.9. The SMILES string of the molecule is CNC(=O)CNC(=O)c1ccc(-c2ccc(-c3ccn[nH]3)cc2)o1. The number of rotatable bonds is 5. The van der Waals surface area contributed by atoms with Gasteiger partial charge in [-0.05, 0) is 23.8 Å². The molecule has 2 aromatic heterocycles. The molecule has 0 saturated carbocycles. The first kappa shape index (κ1) is 15.5. The number of aromatic nitrogens is 2. The van der Waals surface area contributed by atoms with E-state index in [1.54, 1.807) is 18.3 Å². The molecule has 0 radical (unpaired) electrons. The van der Waals surface area contributed by atoms with Gasteiger partial charge in [0.15, 0.2) is 5.76 Å². The molecule has 1 aromatic carbocycles. The first-order chi connectivity index (χ1) is 11.7. The van der Waals surface area contributed by atoms with E-state index < -0.39 is 5.91 Å². The second-order valence-electron chi connectivity index (χ2n) is 5.07. The van der Waals surface area contributed by atoms with Crippen LogP contribution in [-0.4, -0.2) is 35.6 Å². The third kappa shape index (κ3) is 3.35. The molecule has 3 aromatic rings. The number of furan rings is 1. The number of likely N-dealkylation sites (N-methyl/N-ethyl adjacent to an activating group) is 1. The zero-order valence-electron chi connectivity index (χ0n) is 13.0. The molecule has 0 fully saturated rings. The number of H-pyrrole nitrogens is 1. The third-order valence-electron chi connectivity index (χ3n) is 3.50. The summed E-state index contributed by atoms with van der Waals surface area (Å²) in [5.41, 5.74) is 2.78. The highest BCUT2D eigenvalue weighted by atomic mass is 16.3. The molecule has 2 heterocycles. The van der Waals surface area contributed by atoms with Crippen LogP contribution in [0.3, 0.4) is 0 Å². The summed E-state index contributed by atoms with van der Waals surface area (Å²) in [5.74, 6) is 0.0336. The summed E-state index contributed by atoms with van der Waals surface area (Å²) < 4.78 is 5.56. The first-order valence-electron chi connectivity index (χ1n) is 7.36. The Kier molecular flexibility index (Phi) is 4.42. The van der Waals surface area contributed by atoms with Gasteiger partial charge < -0.3 is 15.1 Å². The number of hydrogen-bond donors (Lipinski definition) is 3. The quantitative estimate of drug-likeness (QED) is 0.666. The van der Waals surface area contributed by atoms with Crippen molar-refractivity contribution in [2.75, 3.05) is 13.6 Å². The minimum atomic E-state index is -0.432. The molecular weight excluding hydrogens is 308 g/mol. The van der Waals surface area contributed by atoms with Crippen LogP contribution in [0, 0.1) is 0 Å². The molecule has 24 heavy (non-hydrogen) atoms. The fraction of sp³-hybridized carbons (Fsp3) is 0.118. The highest BCUT2D eigenvalue weighted by Gasteiger charge is 2.13. The smallest absolute Gasteiger partial charge is 0.287 e. The van der Waals surface area contributed by atoms with Gasteiger partial charge in [-0.15, -0.1) is 0 Å². The second kappa shape index (κ2) is 6.82. The Labute approximate surface area is 138 Å². The van der Waals surface area contributed by atoms with Gasteiger partial charge in [0.1, 0.15) is 5.76 Å². The number of benzene rings is 1. The van der Waals surface area contributed by atoms with E-state index in [1.165, 1.54) is 7.05 Å². The maximum atomic E-state index is 11.9. The van der Waals surface area contributed by atoms with Crippen LogP contribution in [0.5, 0.6) is 0 Å². The fourth-order valence-electron chi connectivity index (χ4n) is 2.18. The molecule has 3 N–H and O–H groups in total. The number of amides is 2. The lowest BCUT2D eigenvalue weighted by atomic mass is 10.1. The summed E-state index contributed by atoms with van der Waals surface area (Å²) in [6.07, 6.45) is 1.69. The van der Waals surface area contributed by atoms with Crippen LogP contribution in [-0.2, 0) is 4.79 Å². The summed E-state index contributed by atoms with van der Waals surface area (Å²) in [7, 11) is 1.51. The number of hydrogen-bond acceptors (Lipinski definition) is 4. The van der Waals surface area contributed by atoms with Crippen LogP contribution in [0.25, 0.3) is 22.6 Å². The van der Waals surface area contributed by atoms with Gasteiger partial charge >= 0.3 is 0 Å². The van der Waals surface area contributed by atoms with Gasteiger partial charge in [0, 0.05) is 18.8 Å². The van der Waals surface area contributed by atoms with Crippen molar-refractivity contribution >= 4 is 11.8 Å². The Hall–Kier alpha value is -3.35. The van der Waals surface area contributed by atoms with Gasteiger partial charge in [-0.2, -0.15) is 5.10 Å². The van der Waals surface area contributed by atoms with Crippen molar-refractivity contribution in [3.8, 4) is 22.6 Å². The molecule has 0 atom stereocenters. The van der Waals surface area contributed by atoms with E-state index in [1.807, 2.05) is 30.3 Å². The number of aromatic amines is 1. The minimum absolute atomic E-state index is 0.0930. The van der Waals surface area contributed by atoms with Crippen LogP contribution >= 0.6 is 0 Å². The molecule has 7 heteroatoms. The normalized spacial score (nSPS) is 10.4. The Balaban J connectivity index is 1.71. The number of carbonyl (C=O) groups is 2. The van der Waals surface area contributed by atoms with E-state index in [9.17, 15) is 9.59 Å². The summed E-state index contributed by atoms with van der Waals surface area (Å²) in [5, 5.41) is 11.7. The predicted molar refractivity (Wildman–Crippen MR) is 88.1 cm³/mol. The molecule has 0 unspecified atom stereocenters. The van der Waals surface area contributed by atoms with Crippen molar-refractivity contribution in [1.29, 1.82) is 0 Å². The highest BCUT2D eigenvalue weighted by Crippen LogP contribution is 2.25. The molecule has 0 spiro atoms. The van der Waals surface area contributed by atoms with E-state index in [0.29, 0.717) is 5.76 Å². The molecule has 0 bridgehead atoms. The van der Waals surface area contributed by atoms with E-state index in [0.717, 1.165) is 16.8 Å². The number of carbonyl (C=O) groups excluding carboxylic acids is 2. The standard InChI is InChI=1S/C17H16N4O3/c1-18-16(22)10-19-17(23)15-7-6-14(24-15)12-4-2-11(3-5-12)13-8-9-20-21-13/h2-9H,10H2,1H3,(H,18,22)(H,19,23)(H,20,21). The van der Waals surface area contributed by atoms with Crippen molar-refractivity contribution in [3.05, 3.63) is 54.4 Å². The molecule has 3 rings (SSSR count). The lowest BCUT2D eigenvalue weighted by Crippen LogP contribution is -2.34. The van der Waals surface area contributed by atoms with Crippen LogP contribution < -0.4 is 10.6 Å². The maximum Gasteiger partial charge on any atom is 0.287 e. The van der Waals surface area contributed by atoms with Gasteiger partial charge in [-0.1, -0.05) is 24.3 Å². The van der Waals surface area contributed by atoms with E-state index in [-0.39, 0.29) is 18.2 Å². The molecular formula is C17H16N4O3. The van der Waals surface area contributed by atoms with E-state index >= 15 is 0 Å².